The minimum Gasteiger partial charge on any atom is -0.389 e. The van der Waals surface area contributed by atoms with Gasteiger partial charge in [-0.3, -0.25) is 14.3 Å². The van der Waals surface area contributed by atoms with Crippen molar-refractivity contribution in [1.82, 2.24) is 9.55 Å². The second-order valence-electron chi connectivity index (χ2n) is 5.13. The maximum Gasteiger partial charge on any atom is 0.330 e. The maximum atomic E-state index is 11.9. The summed E-state index contributed by atoms with van der Waals surface area (Å²) < 4.78 is 14.8. The van der Waals surface area contributed by atoms with Crippen molar-refractivity contribution in [3.63, 3.8) is 0 Å². The van der Waals surface area contributed by atoms with E-state index in [0.29, 0.717) is 5.56 Å². The number of nitrogens with zero attached hydrogens (tertiary/aromatic N) is 1. The lowest BCUT2D eigenvalue weighted by molar-refractivity contribution is -0.0913. The van der Waals surface area contributed by atoms with Gasteiger partial charge >= 0.3 is 5.69 Å². The molecule has 2 aliphatic heterocycles. The number of rotatable bonds is 1. The lowest BCUT2D eigenvalue weighted by Crippen LogP contribution is -2.42. The van der Waals surface area contributed by atoms with Crippen LogP contribution in [0.15, 0.2) is 15.8 Å². The molecule has 0 aliphatic carbocycles. The molecule has 0 saturated carbocycles. The number of aromatic amines is 1. The van der Waals surface area contributed by atoms with Crippen molar-refractivity contribution >= 4 is 11.8 Å². The third kappa shape index (κ3) is 1.65. The van der Waals surface area contributed by atoms with E-state index >= 15 is 0 Å². The Hall–Kier alpha value is -1.05. The van der Waals surface area contributed by atoms with Crippen molar-refractivity contribution in [1.29, 1.82) is 0 Å². The van der Waals surface area contributed by atoms with Crippen LogP contribution in [0, 0.1) is 6.92 Å². The number of aryl methyl sites for hydroxylation is 1. The van der Waals surface area contributed by atoms with Gasteiger partial charge in [-0.05, 0) is 13.8 Å². The van der Waals surface area contributed by atoms with Crippen LogP contribution < -0.4 is 11.2 Å². The lowest BCUT2D eigenvalue weighted by Gasteiger charge is -2.33. The molecule has 2 N–H and O–H groups in total. The highest BCUT2D eigenvalue weighted by Gasteiger charge is 2.62. The number of aliphatic hydroxyl groups excluding tert-OH is 1. The van der Waals surface area contributed by atoms with Crippen LogP contribution in [-0.4, -0.2) is 36.9 Å². The summed E-state index contributed by atoms with van der Waals surface area (Å²) in [6, 6.07) is 0. The summed E-state index contributed by atoms with van der Waals surface area (Å²) in [5.41, 5.74) is -1.52. The standard InChI is InChI=1S/C12H16N2O4S/c1-5-4-14(11(17)13-9(5)16)10-7-8(15)12(3,18-10)6(2)19-7/h4,6-8,10,15H,1-3H3,(H,13,16,17)/t6-,7-,8+,10-,12+/m1/s1/i3D. The Kier molecular flexibility index (Phi) is 2.46. The predicted molar refractivity (Wildman–Crippen MR) is 71.4 cm³/mol. The first-order valence-corrected chi connectivity index (χ1v) is 6.97. The van der Waals surface area contributed by atoms with Crippen LogP contribution in [0.4, 0.5) is 0 Å². The average molecular weight is 285 g/mol. The fourth-order valence-electron chi connectivity index (χ4n) is 2.61. The molecule has 2 aliphatic rings. The summed E-state index contributed by atoms with van der Waals surface area (Å²) in [4.78, 5) is 25.6. The molecule has 1 aromatic heterocycles. The van der Waals surface area contributed by atoms with Crippen molar-refractivity contribution < 1.29 is 11.2 Å². The third-order valence-electron chi connectivity index (χ3n) is 3.90. The summed E-state index contributed by atoms with van der Waals surface area (Å²) in [7, 11) is 0. The number of aliphatic hydroxyl groups is 1. The zero-order valence-electron chi connectivity index (χ0n) is 11.6. The largest absolute Gasteiger partial charge is 0.389 e. The van der Waals surface area contributed by atoms with Gasteiger partial charge in [0, 0.05) is 18.4 Å². The van der Waals surface area contributed by atoms with Crippen molar-refractivity contribution in [2.24, 2.45) is 0 Å². The molecule has 0 spiro atoms. The molecule has 2 saturated heterocycles. The van der Waals surface area contributed by atoms with Crippen LogP contribution in [0.1, 0.15) is 27.0 Å². The van der Waals surface area contributed by atoms with Crippen LogP contribution in [-0.2, 0) is 4.74 Å². The molecule has 104 valence electrons. The van der Waals surface area contributed by atoms with Gasteiger partial charge in [-0.2, -0.15) is 0 Å². The van der Waals surface area contributed by atoms with Crippen LogP contribution >= 0.6 is 11.8 Å². The SMILES string of the molecule is [2H]C[C@]12O[C@@H](n3cc(C)c(=O)[nH]c3=O)[C@H](S[C@@H]1C)[C@@H]2O. The van der Waals surface area contributed by atoms with E-state index in [9.17, 15) is 14.7 Å². The highest BCUT2D eigenvalue weighted by molar-refractivity contribution is 8.01. The highest BCUT2D eigenvalue weighted by atomic mass is 32.2. The third-order valence-corrected chi connectivity index (χ3v) is 5.51. The normalized spacial score (nSPS) is 41.5. The van der Waals surface area contributed by atoms with Gasteiger partial charge < -0.3 is 9.84 Å². The quantitative estimate of drug-likeness (QED) is 0.758. The fourth-order valence-corrected chi connectivity index (χ4v) is 4.21. The van der Waals surface area contributed by atoms with Crippen LogP contribution in [0.5, 0.6) is 0 Å². The van der Waals surface area contributed by atoms with E-state index in [-0.39, 0.29) is 17.4 Å². The number of nitrogens with one attached hydrogen (secondary N) is 1. The van der Waals surface area contributed by atoms with Crippen molar-refractivity contribution in [3.05, 3.63) is 32.6 Å². The maximum absolute atomic E-state index is 11.9. The Balaban J connectivity index is 2.05. The van der Waals surface area contributed by atoms with Gasteiger partial charge in [0.1, 0.15) is 11.7 Å². The van der Waals surface area contributed by atoms with Gasteiger partial charge in [0.2, 0.25) is 0 Å². The molecule has 5 atom stereocenters. The summed E-state index contributed by atoms with van der Waals surface area (Å²) in [5, 5.41) is 10.0. The fraction of sp³-hybridized carbons (Fsp3) is 0.667. The minimum atomic E-state index is -0.941. The Morgan fingerprint density at radius 2 is 2.37 bits per heavy atom. The number of thioether (sulfide) groups is 1. The van der Waals surface area contributed by atoms with Crippen molar-refractivity contribution in [3.8, 4) is 0 Å². The zero-order chi connectivity index (χ0) is 14.7. The molecule has 0 amide bonds. The number of hydrogen-bond donors (Lipinski definition) is 2. The number of ether oxygens (including phenoxy) is 1. The van der Waals surface area contributed by atoms with Gasteiger partial charge in [0.15, 0.2) is 6.23 Å². The predicted octanol–water partition coefficient (Wildman–Crippen LogP) is -0.00268. The molecule has 2 fully saturated rings. The van der Waals surface area contributed by atoms with E-state index < -0.39 is 29.2 Å². The highest BCUT2D eigenvalue weighted by Crippen LogP contribution is 2.55. The van der Waals surface area contributed by atoms with Gasteiger partial charge in [0.25, 0.3) is 5.56 Å². The molecule has 19 heavy (non-hydrogen) atoms. The van der Waals surface area contributed by atoms with Crippen molar-refractivity contribution in [2.75, 3.05) is 0 Å². The van der Waals surface area contributed by atoms with E-state index in [1.807, 2.05) is 6.92 Å². The Morgan fingerprint density at radius 3 is 3.00 bits per heavy atom. The number of hydrogen-bond acceptors (Lipinski definition) is 5. The van der Waals surface area contributed by atoms with Crippen LogP contribution in [0.25, 0.3) is 0 Å². The monoisotopic (exact) mass is 285 g/mol. The molecule has 0 aromatic carbocycles. The molecular weight excluding hydrogens is 268 g/mol. The van der Waals surface area contributed by atoms with E-state index in [1.54, 1.807) is 6.92 Å². The number of fused-ring (bicyclic) bond motifs is 2. The molecular formula is C12H16N2O4S. The smallest absolute Gasteiger partial charge is 0.330 e. The first kappa shape index (κ1) is 11.7. The number of H-pyrrole nitrogens is 1. The lowest BCUT2D eigenvalue weighted by atomic mass is 9.96. The van der Waals surface area contributed by atoms with E-state index in [0.717, 1.165) is 0 Å². The number of aromatic nitrogens is 2. The molecule has 3 heterocycles. The Morgan fingerprint density at radius 1 is 1.63 bits per heavy atom. The second-order valence-corrected chi connectivity index (χ2v) is 6.65. The van der Waals surface area contributed by atoms with Gasteiger partial charge in [-0.1, -0.05) is 6.92 Å². The van der Waals surface area contributed by atoms with Crippen LogP contribution in [0.2, 0.25) is 0 Å². The average Bonchev–Trinajstić information content (AvgIpc) is 2.81. The Bertz CT molecular complexity index is 660. The molecule has 0 radical (unpaired) electrons. The first-order valence-electron chi connectivity index (χ1n) is 6.74. The summed E-state index contributed by atoms with van der Waals surface area (Å²) >= 11 is 1.52. The molecule has 2 bridgehead atoms. The first-order chi connectivity index (χ1) is 9.40. The summed E-state index contributed by atoms with van der Waals surface area (Å²) in [6.45, 7) is 3.46. The zero-order valence-corrected chi connectivity index (χ0v) is 11.4. The van der Waals surface area contributed by atoms with Gasteiger partial charge in [-0.15, -0.1) is 11.8 Å². The van der Waals surface area contributed by atoms with Crippen molar-refractivity contribution in [2.45, 2.75) is 49.2 Å². The second kappa shape index (κ2) is 3.97. The Labute approximate surface area is 115 Å². The summed E-state index contributed by atoms with van der Waals surface area (Å²) in [6.07, 6.45) is 0.00557. The molecule has 1 aromatic rings. The van der Waals surface area contributed by atoms with Gasteiger partial charge in [-0.25, -0.2) is 4.79 Å². The topological polar surface area (TPSA) is 84.3 Å². The molecule has 0 unspecified atom stereocenters. The molecule has 6 nitrogen and oxygen atoms in total. The minimum absolute atomic E-state index is 0.00388. The van der Waals surface area contributed by atoms with Gasteiger partial charge in [0.05, 0.1) is 5.25 Å². The molecule has 3 rings (SSSR count). The van der Waals surface area contributed by atoms with E-state index in [2.05, 4.69) is 4.98 Å². The summed E-state index contributed by atoms with van der Waals surface area (Å²) in [5.74, 6) is 0. The molecule has 7 heteroatoms. The van der Waals surface area contributed by atoms with E-state index in [4.69, 9.17) is 6.11 Å². The van der Waals surface area contributed by atoms with E-state index in [1.165, 1.54) is 22.5 Å². The van der Waals surface area contributed by atoms with Crippen LogP contribution in [0.3, 0.4) is 0 Å².